The van der Waals surface area contributed by atoms with Gasteiger partial charge in [0.25, 0.3) is 0 Å². The minimum absolute atomic E-state index is 0.202. The Morgan fingerprint density at radius 2 is 2.05 bits per heavy atom. The zero-order chi connectivity index (χ0) is 14.5. The highest BCUT2D eigenvalue weighted by Crippen LogP contribution is 2.18. The number of hydrogen-bond acceptors (Lipinski definition) is 8. The van der Waals surface area contributed by atoms with Crippen molar-refractivity contribution in [1.29, 1.82) is 0 Å². The minimum Gasteiger partial charge on any atom is -0.354 e. The van der Waals surface area contributed by atoms with Crippen molar-refractivity contribution in [2.24, 2.45) is 0 Å². The maximum atomic E-state index is 5.98. The number of hydrogen-bond donors (Lipinski definition) is 1. The van der Waals surface area contributed by atoms with E-state index in [9.17, 15) is 0 Å². The van der Waals surface area contributed by atoms with E-state index in [-0.39, 0.29) is 5.28 Å². The molecule has 0 unspecified atom stereocenters. The van der Waals surface area contributed by atoms with Gasteiger partial charge in [0.05, 0.1) is 0 Å². The molecule has 0 amide bonds. The third-order valence-electron chi connectivity index (χ3n) is 3.27. The summed E-state index contributed by atoms with van der Waals surface area (Å²) in [7, 11) is 0. The molecule has 0 saturated carbocycles. The normalized spacial score (nSPS) is 15.2. The SMILES string of the molecule is Clc1nc(NCCc2ncon2)nc(N2CCCCC2)n1. The van der Waals surface area contributed by atoms with E-state index in [2.05, 4.69) is 39.8 Å². The molecule has 1 saturated heterocycles. The molecule has 1 fully saturated rings. The fourth-order valence-corrected chi connectivity index (χ4v) is 2.40. The van der Waals surface area contributed by atoms with Crippen LogP contribution in [0.5, 0.6) is 0 Å². The number of aromatic nitrogens is 5. The Balaban J connectivity index is 1.63. The van der Waals surface area contributed by atoms with Crippen molar-refractivity contribution in [1.82, 2.24) is 25.1 Å². The van der Waals surface area contributed by atoms with Crippen LogP contribution in [0.15, 0.2) is 10.9 Å². The maximum absolute atomic E-state index is 5.98. The molecule has 3 rings (SSSR count). The molecule has 0 bridgehead atoms. The van der Waals surface area contributed by atoms with Crippen molar-refractivity contribution in [3.63, 3.8) is 0 Å². The molecule has 112 valence electrons. The molecule has 2 aromatic heterocycles. The van der Waals surface area contributed by atoms with Gasteiger partial charge >= 0.3 is 0 Å². The van der Waals surface area contributed by atoms with Crippen LogP contribution in [-0.2, 0) is 6.42 Å². The first kappa shape index (κ1) is 14.0. The topological polar surface area (TPSA) is 92.9 Å². The van der Waals surface area contributed by atoms with Crippen molar-refractivity contribution in [2.75, 3.05) is 29.9 Å². The summed E-state index contributed by atoms with van der Waals surface area (Å²) in [6.45, 7) is 2.52. The van der Waals surface area contributed by atoms with Crippen LogP contribution in [0.2, 0.25) is 5.28 Å². The first-order chi connectivity index (χ1) is 10.3. The molecule has 1 aliphatic heterocycles. The van der Waals surface area contributed by atoms with E-state index in [1.807, 2.05) is 0 Å². The molecule has 0 spiro atoms. The Morgan fingerprint density at radius 1 is 1.19 bits per heavy atom. The second kappa shape index (κ2) is 6.66. The van der Waals surface area contributed by atoms with Crippen molar-refractivity contribution in [3.8, 4) is 0 Å². The average Bonchev–Trinajstić information content (AvgIpc) is 3.01. The lowest BCUT2D eigenvalue weighted by Gasteiger charge is -2.26. The van der Waals surface area contributed by atoms with E-state index in [4.69, 9.17) is 11.6 Å². The Morgan fingerprint density at radius 3 is 2.81 bits per heavy atom. The van der Waals surface area contributed by atoms with Gasteiger partial charge in [-0.2, -0.15) is 19.9 Å². The first-order valence-electron chi connectivity index (χ1n) is 6.97. The van der Waals surface area contributed by atoms with Gasteiger partial charge in [-0.1, -0.05) is 5.16 Å². The number of piperidine rings is 1. The standard InChI is InChI=1S/C12H16ClN7O/c13-10-16-11(14-5-4-9-15-8-21-19-9)18-12(17-10)20-6-2-1-3-7-20/h8H,1-7H2,(H,14,16,17,18). The Hall–Kier alpha value is -1.96. The third kappa shape index (κ3) is 3.78. The Bertz CT molecular complexity index is 571. The highest BCUT2D eigenvalue weighted by atomic mass is 35.5. The van der Waals surface area contributed by atoms with Gasteiger partial charge in [-0.25, -0.2) is 0 Å². The van der Waals surface area contributed by atoms with Crippen molar-refractivity contribution >= 4 is 23.5 Å². The van der Waals surface area contributed by atoms with Gasteiger partial charge in [-0.15, -0.1) is 0 Å². The van der Waals surface area contributed by atoms with Gasteiger partial charge in [0.15, 0.2) is 5.82 Å². The summed E-state index contributed by atoms with van der Waals surface area (Å²) < 4.78 is 4.68. The highest BCUT2D eigenvalue weighted by Gasteiger charge is 2.15. The zero-order valence-electron chi connectivity index (χ0n) is 11.5. The van der Waals surface area contributed by atoms with E-state index in [0.717, 1.165) is 25.9 Å². The van der Waals surface area contributed by atoms with Gasteiger partial charge in [-0.05, 0) is 30.9 Å². The number of anilines is 2. The van der Waals surface area contributed by atoms with Crippen LogP contribution < -0.4 is 10.2 Å². The average molecular weight is 310 g/mol. The van der Waals surface area contributed by atoms with Gasteiger partial charge in [0.2, 0.25) is 23.6 Å². The summed E-state index contributed by atoms with van der Waals surface area (Å²) >= 11 is 5.98. The molecule has 0 aromatic carbocycles. The Kier molecular flexibility index (Phi) is 4.44. The van der Waals surface area contributed by atoms with Gasteiger partial charge < -0.3 is 14.7 Å². The van der Waals surface area contributed by atoms with Crippen LogP contribution in [0.3, 0.4) is 0 Å². The fourth-order valence-electron chi connectivity index (χ4n) is 2.24. The maximum Gasteiger partial charge on any atom is 0.231 e. The summed E-state index contributed by atoms with van der Waals surface area (Å²) in [6, 6.07) is 0. The van der Waals surface area contributed by atoms with Crippen LogP contribution in [-0.4, -0.2) is 44.7 Å². The van der Waals surface area contributed by atoms with Crippen molar-refractivity contribution in [2.45, 2.75) is 25.7 Å². The quantitative estimate of drug-likeness (QED) is 0.889. The molecule has 0 aliphatic carbocycles. The van der Waals surface area contributed by atoms with Crippen LogP contribution in [0, 0.1) is 0 Å². The lowest BCUT2D eigenvalue weighted by atomic mass is 10.1. The van der Waals surface area contributed by atoms with Crippen molar-refractivity contribution < 1.29 is 4.52 Å². The van der Waals surface area contributed by atoms with Gasteiger partial charge in [-0.3, -0.25) is 0 Å². The molecular formula is C12H16ClN7O. The zero-order valence-corrected chi connectivity index (χ0v) is 12.3. The molecule has 2 aromatic rings. The molecule has 1 aliphatic rings. The van der Waals surface area contributed by atoms with Crippen LogP contribution in [0.1, 0.15) is 25.1 Å². The first-order valence-corrected chi connectivity index (χ1v) is 7.35. The van der Waals surface area contributed by atoms with E-state index in [1.165, 1.54) is 12.8 Å². The molecular weight excluding hydrogens is 294 g/mol. The lowest BCUT2D eigenvalue weighted by molar-refractivity contribution is 0.410. The third-order valence-corrected chi connectivity index (χ3v) is 3.44. The van der Waals surface area contributed by atoms with E-state index in [1.54, 1.807) is 0 Å². The van der Waals surface area contributed by atoms with E-state index >= 15 is 0 Å². The largest absolute Gasteiger partial charge is 0.354 e. The molecule has 8 nitrogen and oxygen atoms in total. The molecule has 1 N–H and O–H groups in total. The number of halogens is 1. The minimum atomic E-state index is 0.202. The van der Waals surface area contributed by atoms with Crippen molar-refractivity contribution in [3.05, 3.63) is 17.5 Å². The van der Waals surface area contributed by atoms with E-state index < -0.39 is 0 Å². The summed E-state index contributed by atoms with van der Waals surface area (Å²) in [4.78, 5) is 18.8. The highest BCUT2D eigenvalue weighted by molar-refractivity contribution is 6.28. The fraction of sp³-hybridized carbons (Fsp3) is 0.583. The van der Waals surface area contributed by atoms with E-state index in [0.29, 0.717) is 30.7 Å². The van der Waals surface area contributed by atoms with Gasteiger partial charge in [0.1, 0.15) is 0 Å². The molecule has 0 radical (unpaired) electrons. The van der Waals surface area contributed by atoms with Crippen LogP contribution >= 0.6 is 11.6 Å². The second-order valence-electron chi connectivity index (χ2n) is 4.80. The monoisotopic (exact) mass is 309 g/mol. The molecule has 0 atom stereocenters. The predicted octanol–water partition coefficient (Wildman–Crippen LogP) is 1.55. The number of nitrogens with zero attached hydrogens (tertiary/aromatic N) is 6. The van der Waals surface area contributed by atoms with Crippen LogP contribution in [0.25, 0.3) is 0 Å². The lowest BCUT2D eigenvalue weighted by Crippen LogP contribution is -2.31. The summed E-state index contributed by atoms with van der Waals surface area (Å²) in [5.41, 5.74) is 0. The molecule has 21 heavy (non-hydrogen) atoms. The molecule has 3 heterocycles. The second-order valence-corrected chi connectivity index (χ2v) is 5.14. The Labute approximate surface area is 126 Å². The summed E-state index contributed by atoms with van der Waals surface area (Å²) in [5, 5.41) is 7.05. The smallest absolute Gasteiger partial charge is 0.231 e. The molecule has 9 heteroatoms. The summed E-state index contributed by atoms with van der Waals surface area (Å²) in [6.07, 6.45) is 5.50. The predicted molar refractivity (Wildman–Crippen MR) is 77.4 cm³/mol. The van der Waals surface area contributed by atoms with Gasteiger partial charge in [0, 0.05) is 26.1 Å². The number of nitrogens with one attached hydrogen (secondary N) is 1. The summed E-state index contributed by atoms with van der Waals surface area (Å²) in [5.74, 6) is 1.75. The van der Waals surface area contributed by atoms with Crippen LogP contribution in [0.4, 0.5) is 11.9 Å². The number of rotatable bonds is 5.